The molecule has 2 heterocycles. The van der Waals surface area contributed by atoms with E-state index in [1.54, 1.807) is 14.2 Å². The molecule has 2 fully saturated rings. The van der Waals surface area contributed by atoms with E-state index in [0.717, 1.165) is 32.2 Å². The number of carbonyl (C=O) groups excluding carboxylic acids is 1. The molecule has 10 nitrogen and oxygen atoms in total. The van der Waals surface area contributed by atoms with E-state index < -0.39 is 18.4 Å². The van der Waals surface area contributed by atoms with E-state index in [1.165, 1.54) is 23.8 Å². The van der Waals surface area contributed by atoms with Crippen LogP contribution in [0.15, 0.2) is 36.4 Å². The van der Waals surface area contributed by atoms with Gasteiger partial charge < -0.3 is 39.6 Å². The second-order valence-corrected chi connectivity index (χ2v) is 10.2. The number of halogens is 5. The molecule has 2 amide bonds. The standard InChI is InChI=1S/C25H29F2N3O5.C2HF3O2/c1-30-11-10-24(15-4-6-18(32-2)20(12-15)33-3)9-8-17(14-22(24)30)29-23(31)28-16-5-7-19-21(13-16)35-25(26,27)34-19;3-2(4,5)1(6)7/h4-7,12-13,17,22H,8-11,14H2,1-3H3,(H2,28,29,31);(H,6,7)/t17-,22+,24+;/m1./s1. The van der Waals surface area contributed by atoms with Gasteiger partial charge >= 0.3 is 24.5 Å². The Labute approximate surface area is 237 Å². The molecule has 5 rings (SSSR count). The lowest BCUT2D eigenvalue weighted by atomic mass is 9.65. The van der Waals surface area contributed by atoms with E-state index in [-0.39, 0.29) is 35.0 Å². The third-order valence-corrected chi connectivity index (χ3v) is 7.72. The number of rotatable bonds is 5. The topological polar surface area (TPSA) is 119 Å². The molecule has 0 unspecified atom stereocenters. The number of nitrogens with one attached hydrogen (secondary N) is 2. The molecule has 1 saturated heterocycles. The van der Waals surface area contributed by atoms with Gasteiger partial charge in [0.05, 0.1) is 14.2 Å². The van der Waals surface area contributed by atoms with Crippen molar-refractivity contribution in [3.05, 3.63) is 42.0 Å². The monoisotopic (exact) mass is 603 g/mol. The SMILES string of the molecule is COc1ccc([C@@]23CC[C@@H](NC(=O)Nc4ccc5c(c4)OC(F)(F)O5)C[C@@H]2N(C)CC3)cc1OC.O=C(O)C(F)(F)F. The number of hydrogen-bond acceptors (Lipinski definition) is 7. The molecular weight excluding hydrogens is 573 g/mol. The first-order valence-electron chi connectivity index (χ1n) is 12.9. The van der Waals surface area contributed by atoms with Gasteiger partial charge in [0.15, 0.2) is 23.0 Å². The van der Waals surface area contributed by atoms with Crippen molar-refractivity contribution in [2.45, 2.75) is 55.7 Å². The van der Waals surface area contributed by atoms with Gasteiger partial charge in [-0.2, -0.15) is 13.2 Å². The van der Waals surface area contributed by atoms with Crippen molar-refractivity contribution in [1.82, 2.24) is 10.2 Å². The summed E-state index contributed by atoms with van der Waals surface area (Å²) in [4.78, 5) is 24.0. The molecule has 2 aromatic rings. The molecule has 15 heteroatoms. The summed E-state index contributed by atoms with van der Waals surface area (Å²) in [5.74, 6) is -1.52. The number of methoxy groups -OCH3 is 2. The predicted molar refractivity (Wildman–Crippen MR) is 138 cm³/mol. The zero-order valence-electron chi connectivity index (χ0n) is 22.9. The van der Waals surface area contributed by atoms with Crippen molar-refractivity contribution >= 4 is 17.7 Å². The van der Waals surface area contributed by atoms with Gasteiger partial charge in [0.2, 0.25) is 0 Å². The van der Waals surface area contributed by atoms with Crippen LogP contribution in [-0.2, 0) is 10.2 Å². The van der Waals surface area contributed by atoms with Gasteiger partial charge in [-0.3, -0.25) is 0 Å². The lowest BCUT2D eigenvalue weighted by Crippen LogP contribution is -2.52. The van der Waals surface area contributed by atoms with Crippen LogP contribution in [0, 0.1) is 0 Å². The summed E-state index contributed by atoms with van der Waals surface area (Å²) in [7, 11) is 5.39. The van der Waals surface area contributed by atoms with Crippen molar-refractivity contribution in [1.29, 1.82) is 0 Å². The van der Waals surface area contributed by atoms with Gasteiger partial charge in [0.25, 0.3) is 0 Å². The summed E-state index contributed by atoms with van der Waals surface area (Å²) in [6, 6.07) is 10.2. The third-order valence-electron chi connectivity index (χ3n) is 7.72. The Kier molecular flexibility index (Phi) is 8.62. The van der Waals surface area contributed by atoms with Crippen LogP contribution in [0.5, 0.6) is 23.0 Å². The zero-order chi connectivity index (χ0) is 30.9. The lowest BCUT2D eigenvalue weighted by Gasteiger charge is -2.45. The molecule has 3 atom stereocenters. The fourth-order valence-corrected chi connectivity index (χ4v) is 5.77. The molecule has 0 radical (unpaired) electrons. The third kappa shape index (κ3) is 6.55. The second kappa shape index (κ2) is 11.7. The smallest absolute Gasteiger partial charge is 0.493 e. The number of hydrogen-bond donors (Lipinski definition) is 3. The van der Waals surface area contributed by atoms with Crippen molar-refractivity contribution < 1.29 is 55.6 Å². The van der Waals surface area contributed by atoms with Gasteiger partial charge in [0.1, 0.15) is 0 Å². The first-order chi connectivity index (χ1) is 19.7. The maximum atomic E-state index is 13.3. The number of amides is 2. The number of benzene rings is 2. The van der Waals surface area contributed by atoms with E-state index in [9.17, 15) is 26.7 Å². The Balaban J connectivity index is 0.000000517. The number of carboxylic acids is 1. The van der Waals surface area contributed by atoms with Crippen LogP contribution < -0.4 is 29.6 Å². The van der Waals surface area contributed by atoms with Crippen LogP contribution in [0.1, 0.15) is 31.2 Å². The van der Waals surface area contributed by atoms with Crippen molar-refractivity contribution in [3.63, 3.8) is 0 Å². The quantitative estimate of drug-likeness (QED) is 0.410. The van der Waals surface area contributed by atoms with Crippen molar-refractivity contribution in [2.75, 3.05) is 33.1 Å². The summed E-state index contributed by atoms with van der Waals surface area (Å²) in [5.41, 5.74) is 1.55. The summed E-state index contributed by atoms with van der Waals surface area (Å²) >= 11 is 0. The van der Waals surface area contributed by atoms with Crippen LogP contribution in [0.2, 0.25) is 0 Å². The molecule has 42 heavy (non-hydrogen) atoms. The van der Waals surface area contributed by atoms with Crippen LogP contribution in [0.25, 0.3) is 0 Å². The fourth-order valence-electron chi connectivity index (χ4n) is 5.77. The minimum atomic E-state index is -5.08. The van der Waals surface area contributed by atoms with Crippen LogP contribution in [0.3, 0.4) is 0 Å². The largest absolute Gasteiger partial charge is 0.586 e. The van der Waals surface area contributed by atoms with Gasteiger partial charge in [-0.05, 0) is 69.1 Å². The Morgan fingerprint density at radius 2 is 1.69 bits per heavy atom. The number of carboxylic acid groups (broad SMARTS) is 1. The molecule has 0 aromatic heterocycles. The number of likely N-dealkylation sites (tertiary alicyclic amines) is 1. The average molecular weight is 604 g/mol. The van der Waals surface area contributed by atoms with Gasteiger partial charge in [-0.25, -0.2) is 9.59 Å². The average Bonchev–Trinajstić information content (AvgIpc) is 3.42. The summed E-state index contributed by atoms with van der Waals surface area (Å²) in [6.45, 7) is 0.972. The van der Waals surface area contributed by atoms with Crippen LogP contribution in [0.4, 0.5) is 32.4 Å². The van der Waals surface area contributed by atoms with E-state index in [0.29, 0.717) is 17.2 Å². The number of alkyl halides is 5. The zero-order valence-corrected chi connectivity index (χ0v) is 22.9. The molecular formula is C27H30F5N3O7. The molecule has 1 saturated carbocycles. The molecule has 3 aliphatic rings. The van der Waals surface area contributed by atoms with Crippen molar-refractivity contribution in [2.24, 2.45) is 0 Å². The van der Waals surface area contributed by atoms with E-state index in [4.69, 9.17) is 19.4 Å². The normalized spacial score (nSPS) is 24.1. The molecule has 0 bridgehead atoms. The number of fused-ring (bicyclic) bond motifs is 2. The van der Waals surface area contributed by atoms with Crippen molar-refractivity contribution in [3.8, 4) is 23.0 Å². The molecule has 230 valence electrons. The van der Waals surface area contributed by atoms with E-state index in [2.05, 4.69) is 44.2 Å². The highest BCUT2D eigenvalue weighted by Gasteiger charge is 2.51. The number of nitrogens with zero attached hydrogens (tertiary/aromatic N) is 1. The Hall–Kier alpha value is -4.01. The Morgan fingerprint density at radius 3 is 2.33 bits per heavy atom. The first-order valence-corrected chi connectivity index (χ1v) is 12.9. The Bertz CT molecular complexity index is 1330. The summed E-state index contributed by atoms with van der Waals surface area (Å²) < 4.78 is 78.1. The summed E-state index contributed by atoms with van der Waals surface area (Å²) in [6.07, 6.45) is -5.21. The van der Waals surface area contributed by atoms with Gasteiger partial charge in [-0.1, -0.05) is 6.07 Å². The summed E-state index contributed by atoms with van der Waals surface area (Å²) in [5, 5.41) is 12.9. The number of aliphatic carboxylic acids is 1. The van der Waals surface area contributed by atoms with E-state index in [1.807, 2.05) is 6.07 Å². The molecule has 2 aliphatic heterocycles. The van der Waals surface area contributed by atoms with Gasteiger partial charge in [-0.15, -0.1) is 8.78 Å². The highest BCUT2D eigenvalue weighted by Crippen LogP contribution is 2.50. The fraction of sp³-hybridized carbons (Fsp3) is 0.481. The molecule has 2 aromatic carbocycles. The maximum Gasteiger partial charge on any atom is 0.586 e. The maximum absolute atomic E-state index is 13.3. The number of likely N-dealkylation sites (N-methyl/N-ethyl adjacent to an activating group) is 1. The van der Waals surface area contributed by atoms with Gasteiger partial charge in [0, 0.05) is 29.3 Å². The van der Waals surface area contributed by atoms with Crippen LogP contribution >= 0.6 is 0 Å². The minimum Gasteiger partial charge on any atom is -0.493 e. The number of ether oxygens (including phenoxy) is 4. The van der Waals surface area contributed by atoms with E-state index >= 15 is 0 Å². The molecule has 1 aliphatic carbocycles. The highest BCUT2D eigenvalue weighted by molar-refractivity contribution is 5.90. The Morgan fingerprint density at radius 1 is 1.02 bits per heavy atom. The highest BCUT2D eigenvalue weighted by atomic mass is 19.4. The minimum absolute atomic E-state index is 0.0211. The van der Waals surface area contributed by atoms with Crippen LogP contribution in [-0.4, -0.2) is 74.4 Å². The predicted octanol–water partition coefficient (Wildman–Crippen LogP) is 4.97. The number of urea groups is 1. The number of anilines is 1. The molecule has 0 spiro atoms. The molecule has 3 N–H and O–H groups in total. The lowest BCUT2D eigenvalue weighted by molar-refractivity contribution is -0.286. The first kappa shape index (κ1) is 30.9. The number of carbonyl (C=O) groups is 2. The second-order valence-electron chi connectivity index (χ2n) is 10.2.